The molecule has 0 saturated carbocycles. The van der Waals surface area contributed by atoms with Crippen molar-refractivity contribution >= 4 is 23.2 Å². The van der Waals surface area contributed by atoms with Crippen molar-refractivity contribution in [3.8, 4) is 17.2 Å². The number of nitrogens with zero attached hydrogens (tertiary/aromatic N) is 5. The Morgan fingerprint density at radius 2 is 1.91 bits per heavy atom. The van der Waals surface area contributed by atoms with E-state index in [1.807, 2.05) is 19.1 Å². The minimum atomic E-state index is -0.688. The van der Waals surface area contributed by atoms with Crippen molar-refractivity contribution in [1.82, 2.24) is 24.5 Å². The first-order valence-electron chi connectivity index (χ1n) is 10.1. The first kappa shape index (κ1) is 23.1. The first-order chi connectivity index (χ1) is 16.2. The van der Waals surface area contributed by atoms with E-state index >= 15 is 0 Å². The van der Waals surface area contributed by atoms with Crippen molar-refractivity contribution in [2.75, 3.05) is 5.32 Å². The van der Waals surface area contributed by atoms with Crippen molar-refractivity contribution in [3.63, 3.8) is 0 Å². The molecule has 0 unspecified atom stereocenters. The molecule has 4 aromatic rings. The van der Waals surface area contributed by atoms with Crippen molar-refractivity contribution in [1.29, 1.82) is 0 Å². The molecular weight excluding hydrogens is 467 g/mol. The molecule has 34 heavy (non-hydrogen) atoms. The Morgan fingerprint density at radius 3 is 2.62 bits per heavy atom. The van der Waals surface area contributed by atoms with Gasteiger partial charge in [-0.25, -0.2) is 9.18 Å². The summed E-state index contributed by atoms with van der Waals surface area (Å²) < 4.78 is 20.4. The van der Waals surface area contributed by atoms with Gasteiger partial charge in [-0.3, -0.25) is 14.2 Å². The van der Waals surface area contributed by atoms with Crippen LogP contribution in [0, 0.1) is 12.7 Å². The van der Waals surface area contributed by atoms with E-state index in [9.17, 15) is 18.8 Å². The van der Waals surface area contributed by atoms with Crippen LogP contribution < -0.4 is 16.6 Å². The molecule has 0 spiro atoms. The molecule has 0 aliphatic rings. The molecule has 1 amide bonds. The summed E-state index contributed by atoms with van der Waals surface area (Å²) in [5.74, 6) is -0.989. The van der Waals surface area contributed by atoms with E-state index in [1.54, 1.807) is 12.1 Å². The lowest BCUT2D eigenvalue weighted by Gasteiger charge is -2.08. The normalized spacial score (nSPS) is 10.9. The molecule has 2 aromatic carbocycles. The first-order valence-corrected chi connectivity index (χ1v) is 10.5. The lowest BCUT2D eigenvalue weighted by atomic mass is 10.2. The van der Waals surface area contributed by atoms with Gasteiger partial charge in [0.2, 0.25) is 17.6 Å². The highest BCUT2D eigenvalue weighted by Gasteiger charge is 2.19. The van der Waals surface area contributed by atoms with Crippen LogP contribution in [0.2, 0.25) is 5.02 Å². The van der Waals surface area contributed by atoms with Gasteiger partial charge in [-0.15, -0.1) is 0 Å². The maximum absolute atomic E-state index is 13.2. The Balaban J connectivity index is 1.53. The monoisotopic (exact) mass is 484 g/mol. The van der Waals surface area contributed by atoms with E-state index < -0.39 is 17.1 Å². The fraction of sp³-hybridized carbons (Fsp3) is 0.182. The molecule has 0 fully saturated rings. The average Bonchev–Trinajstić information content (AvgIpc) is 3.28. The molecule has 0 atom stereocenters. The van der Waals surface area contributed by atoms with Gasteiger partial charge in [-0.05, 0) is 37.3 Å². The van der Waals surface area contributed by atoms with E-state index in [2.05, 4.69) is 20.6 Å². The number of hydrogen-bond acceptors (Lipinski definition) is 7. The van der Waals surface area contributed by atoms with Crippen LogP contribution in [-0.2, 0) is 18.3 Å². The molecule has 0 radical (unpaired) electrons. The molecule has 0 aliphatic carbocycles. The summed E-state index contributed by atoms with van der Waals surface area (Å²) >= 11 is 5.71. The Hall–Kier alpha value is -4.12. The number of anilines is 1. The maximum atomic E-state index is 13.2. The third-order valence-corrected chi connectivity index (χ3v) is 5.19. The van der Waals surface area contributed by atoms with Gasteiger partial charge in [0.1, 0.15) is 5.82 Å². The van der Waals surface area contributed by atoms with Gasteiger partial charge < -0.3 is 9.84 Å². The predicted molar refractivity (Wildman–Crippen MR) is 121 cm³/mol. The van der Waals surface area contributed by atoms with E-state index in [-0.39, 0.29) is 41.2 Å². The highest BCUT2D eigenvalue weighted by atomic mass is 35.5. The fourth-order valence-electron chi connectivity index (χ4n) is 3.04. The predicted octanol–water partition coefficient (Wildman–Crippen LogP) is 2.65. The van der Waals surface area contributed by atoms with Crippen molar-refractivity contribution in [3.05, 3.63) is 85.6 Å². The van der Waals surface area contributed by atoms with Crippen LogP contribution in [0.3, 0.4) is 0 Å². The Bertz CT molecular complexity index is 1490. The molecule has 0 aliphatic heterocycles. The zero-order chi connectivity index (χ0) is 24.4. The minimum absolute atomic E-state index is 0.0229. The van der Waals surface area contributed by atoms with Gasteiger partial charge in [-0.2, -0.15) is 14.8 Å². The molecule has 0 saturated heterocycles. The molecule has 1 N–H and O–H groups in total. The van der Waals surface area contributed by atoms with Crippen LogP contribution in [0.5, 0.6) is 0 Å². The second-order valence-corrected chi connectivity index (χ2v) is 7.84. The van der Waals surface area contributed by atoms with E-state index in [0.717, 1.165) is 20.9 Å². The van der Waals surface area contributed by atoms with Crippen LogP contribution in [0.1, 0.15) is 17.9 Å². The number of halogens is 2. The summed E-state index contributed by atoms with van der Waals surface area (Å²) in [7, 11) is 1.33. The number of aryl methyl sites for hydroxylation is 2. The van der Waals surface area contributed by atoms with E-state index in [1.165, 1.54) is 19.2 Å². The average molecular weight is 485 g/mol. The van der Waals surface area contributed by atoms with Crippen molar-refractivity contribution in [2.24, 2.45) is 7.05 Å². The topological polar surface area (TPSA) is 125 Å². The lowest BCUT2D eigenvalue weighted by Crippen LogP contribution is -2.40. The van der Waals surface area contributed by atoms with Gasteiger partial charge in [0.25, 0.3) is 5.56 Å². The van der Waals surface area contributed by atoms with Gasteiger partial charge in [0.15, 0.2) is 5.69 Å². The molecule has 10 nitrogen and oxygen atoms in total. The smallest absolute Gasteiger partial charge is 0.339 e. The van der Waals surface area contributed by atoms with Gasteiger partial charge in [0, 0.05) is 25.6 Å². The molecule has 4 rings (SSSR count). The summed E-state index contributed by atoms with van der Waals surface area (Å²) in [5, 5.41) is 10.4. The number of rotatable bonds is 6. The largest absolute Gasteiger partial charge is 0.351 e. The molecule has 174 valence electrons. The third kappa shape index (κ3) is 4.79. The Kier molecular flexibility index (Phi) is 6.37. The molecule has 0 bridgehead atoms. The maximum Gasteiger partial charge on any atom is 0.351 e. The fourth-order valence-corrected chi connectivity index (χ4v) is 3.22. The number of hydrogen-bond donors (Lipinski definition) is 1. The lowest BCUT2D eigenvalue weighted by molar-refractivity contribution is -0.116. The van der Waals surface area contributed by atoms with E-state index in [0.29, 0.717) is 11.4 Å². The third-order valence-electron chi connectivity index (χ3n) is 4.90. The number of carbonyl (C=O) groups is 1. The molecule has 2 heterocycles. The summed E-state index contributed by atoms with van der Waals surface area (Å²) in [5.41, 5.74) is 0.312. The standard InChI is InChI=1S/C22H18ClFN6O4/c1-12-3-6-14(7-4-12)30-22(33)29(2)21(32)19(27-30)20-26-18(34-28-20)10-9-17(31)25-13-5-8-16(24)15(23)11-13/h3-8,11H,9-10H2,1-2H3,(H,25,31). The highest BCUT2D eigenvalue weighted by Crippen LogP contribution is 2.19. The Labute approximate surface area is 196 Å². The molecule has 12 heteroatoms. The van der Waals surface area contributed by atoms with E-state index in [4.69, 9.17) is 16.1 Å². The number of amides is 1. The van der Waals surface area contributed by atoms with Crippen LogP contribution in [0.25, 0.3) is 17.2 Å². The van der Waals surface area contributed by atoms with Gasteiger partial charge in [0.05, 0.1) is 10.7 Å². The summed E-state index contributed by atoms with van der Waals surface area (Å²) in [6.07, 6.45) is 0.0522. The van der Waals surface area contributed by atoms with Crippen LogP contribution in [-0.4, -0.2) is 30.4 Å². The Morgan fingerprint density at radius 1 is 1.18 bits per heavy atom. The highest BCUT2D eigenvalue weighted by molar-refractivity contribution is 6.31. The summed E-state index contributed by atoms with van der Waals surface area (Å²) in [6, 6.07) is 10.8. The molecular formula is C22H18ClFN6O4. The van der Waals surface area contributed by atoms with Gasteiger partial charge >= 0.3 is 5.69 Å². The second kappa shape index (κ2) is 9.40. The molecule has 2 aromatic heterocycles. The summed E-state index contributed by atoms with van der Waals surface area (Å²) in [4.78, 5) is 41.5. The number of aromatic nitrogens is 5. The number of nitrogens with one attached hydrogen (secondary N) is 1. The summed E-state index contributed by atoms with van der Waals surface area (Å²) in [6.45, 7) is 1.90. The van der Waals surface area contributed by atoms with Crippen molar-refractivity contribution < 1.29 is 13.7 Å². The van der Waals surface area contributed by atoms with Gasteiger partial charge in [-0.1, -0.05) is 34.5 Å². The minimum Gasteiger partial charge on any atom is -0.339 e. The van der Waals surface area contributed by atoms with Crippen LogP contribution in [0.4, 0.5) is 10.1 Å². The number of carbonyl (C=O) groups excluding carboxylic acids is 1. The second-order valence-electron chi connectivity index (χ2n) is 7.43. The quantitative estimate of drug-likeness (QED) is 0.446. The van der Waals surface area contributed by atoms with Crippen molar-refractivity contribution in [2.45, 2.75) is 19.8 Å². The SMILES string of the molecule is Cc1ccc(-n2nc(-c3noc(CCC(=O)Nc4ccc(F)c(Cl)c4)n3)c(=O)n(C)c2=O)cc1. The zero-order valence-electron chi connectivity index (χ0n) is 18.1. The van der Waals surface area contributed by atoms with Crippen LogP contribution in [0.15, 0.2) is 56.6 Å². The number of benzene rings is 2. The van der Waals surface area contributed by atoms with Crippen LogP contribution >= 0.6 is 11.6 Å². The zero-order valence-corrected chi connectivity index (χ0v) is 18.8.